The van der Waals surface area contributed by atoms with Gasteiger partial charge in [-0.15, -0.1) is 0 Å². The zero-order valence-corrected chi connectivity index (χ0v) is 15.0. The van der Waals surface area contributed by atoms with Crippen molar-refractivity contribution in [2.45, 2.75) is 63.8 Å². The average molecular weight is 334 g/mol. The molecule has 3 aliphatic rings. The number of piperidine rings is 1. The van der Waals surface area contributed by atoms with Gasteiger partial charge in [-0.25, -0.2) is 4.99 Å². The Bertz CT molecular complexity index is 541. The molecule has 0 aromatic rings. The Morgan fingerprint density at radius 2 is 1.92 bits per heavy atom. The van der Waals surface area contributed by atoms with Gasteiger partial charge in [0.1, 0.15) is 0 Å². The monoisotopic (exact) mass is 334 g/mol. The molecule has 3 rings (SSSR count). The van der Waals surface area contributed by atoms with Crippen molar-refractivity contribution in [2.75, 3.05) is 20.1 Å². The topological polar surface area (TPSA) is 79.0 Å². The van der Waals surface area contributed by atoms with E-state index in [-0.39, 0.29) is 17.7 Å². The minimum absolute atomic E-state index is 0.0146. The van der Waals surface area contributed by atoms with Crippen LogP contribution < -0.4 is 5.73 Å². The van der Waals surface area contributed by atoms with Gasteiger partial charge in [-0.05, 0) is 32.6 Å². The molecule has 0 aromatic carbocycles. The number of aliphatic imine (C=N–C) groups is 1. The lowest BCUT2D eigenvalue weighted by atomic mass is 9.77. The minimum atomic E-state index is -0.487. The molecule has 1 unspecified atom stereocenters. The Hall–Kier alpha value is -1.59. The second kappa shape index (κ2) is 6.73. The van der Waals surface area contributed by atoms with Gasteiger partial charge in [0.15, 0.2) is 5.96 Å². The normalized spacial score (nSPS) is 32.7. The lowest BCUT2D eigenvalue weighted by molar-refractivity contribution is -0.139. The molecule has 0 spiro atoms. The average Bonchev–Trinajstić information content (AvgIpc) is 2.60. The maximum atomic E-state index is 12.9. The maximum absolute atomic E-state index is 12.9. The molecule has 1 saturated heterocycles. The van der Waals surface area contributed by atoms with E-state index in [0.717, 1.165) is 32.2 Å². The molecule has 0 bridgehead atoms. The minimum Gasteiger partial charge on any atom is -0.369 e. The summed E-state index contributed by atoms with van der Waals surface area (Å²) in [4.78, 5) is 33.2. The summed E-state index contributed by atoms with van der Waals surface area (Å²) >= 11 is 0. The molecule has 0 radical (unpaired) electrons. The molecular formula is C18H30N4O2. The van der Waals surface area contributed by atoms with E-state index in [1.54, 1.807) is 7.05 Å². The highest BCUT2D eigenvalue weighted by Gasteiger charge is 2.43. The van der Waals surface area contributed by atoms with Crippen LogP contribution in [-0.4, -0.2) is 53.2 Å². The van der Waals surface area contributed by atoms with E-state index in [9.17, 15) is 9.59 Å². The third-order valence-corrected chi connectivity index (χ3v) is 6.16. The van der Waals surface area contributed by atoms with Crippen LogP contribution in [0, 0.1) is 11.8 Å². The van der Waals surface area contributed by atoms with E-state index < -0.39 is 5.54 Å². The van der Waals surface area contributed by atoms with E-state index in [0.29, 0.717) is 24.8 Å². The Labute approximate surface area is 144 Å². The first kappa shape index (κ1) is 17.2. The molecule has 6 heteroatoms. The van der Waals surface area contributed by atoms with Gasteiger partial charge in [-0.2, -0.15) is 0 Å². The van der Waals surface area contributed by atoms with Crippen molar-refractivity contribution in [1.82, 2.24) is 9.80 Å². The molecule has 2 N–H and O–H groups in total. The fraction of sp³-hybridized carbons (Fsp3) is 0.833. The van der Waals surface area contributed by atoms with Crippen LogP contribution in [0.4, 0.5) is 0 Å². The quantitative estimate of drug-likeness (QED) is 0.835. The van der Waals surface area contributed by atoms with Crippen molar-refractivity contribution < 1.29 is 9.59 Å². The van der Waals surface area contributed by atoms with Crippen molar-refractivity contribution in [3.05, 3.63) is 0 Å². The zero-order valence-electron chi connectivity index (χ0n) is 15.0. The number of amides is 2. The van der Waals surface area contributed by atoms with Crippen LogP contribution in [0.25, 0.3) is 0 Å². The summed E-state index contributed by atoms with van der Waals surface area (Å²) in [6.07, 6.45) is 8.03. The first-order valence-electron chi connectivity index (χ1n) is 9.31. The van der Waals surface area contributed by atoms with Crippen LogP contribution in [0.2, 0.25) is 0 Å². The number of likely N-dealkylation sites (tertiary alicyclic amines) is 1. The van der Waals surface area contributed by atoms with Crippen LogP contribution in [0.5, 0.6) is 0 Å². The van der Waals surface area contributed by atoms with Crippen molar-refractivity contribution in [3.8, 4) is 0 Å². The van der Waals surface area contributed by atoms with Gasteiger partial charge in [-0.1, -0.05) is 19.3 Å². The zero-order chi connectivity index (χ0) is 17.3. The fourth-order valence-corrected chi connectivity index (χ4v) is 4.46. The second-order valence-corrected chi connectivity index (χ2v) is 7.92. The van der Waals surface area contributed by atoms with Crippen LogP contribution >= 0.6 is 0 Å². The Balaban J connectivity index is 1.71. The summed E-state index contributed by atoms with van der Waals surface area (Å²) < 4.78 is 0. The van der Waals surface area contributed by atoms with Crippen molar-refractivity contribution in [2.24, 2.45) is 22.6 Å². The maximum Gasteiger partial charge on any atom is 0.231 e. The third kappa shape index (κ3) is 3.28. The van der Waals surface area contributed by atoms with E-state index >= 15 is 0 Å². The summed E-state index contributed by atoms with van der Waals surface area (Å²) in [6, 6.07) is 0. The highest BCUT2D eigenvalue weighted by atomic mass is 16.2. The lowest BCUT2D eigenvalue weighted by Gasteiger charge is -2.44. The molecule has 2 atom stereocenters. The van der Waals surface area contributed by atoms with E-state index in [4.69, 9.17) is 5.73 Å². The Morgan fingerprint density at radius 1 is 1.21 bits per heavy atom. The van der Waals surface area contributed by atoms with E-state index in [1.165, 1.54) is 24.2 Å². The van der Waals surface area contributed by atoms with Crippen molar-refractivity contribution in [3.63, 3.8) is 0 Å². The Morgan fingerprint density at radius 3 is 2.58 bits per heavy atom. The fourth-order valence-electron chi connectivity index (χ4n) is 4.46. The molecule has 0 aromatic heterocycles. The van der Waals surface area contributed by atoms with Crippen LogP contribution in [0.1, 0.15) is 58.3 Å². The number of nitrogens with zero attached hydrogens (tertiary/aromatic N) is 3. The highest BCUT2D eigenvalue weighted by molar-refractivity contribution is 5.98. The van der Waals surface area contributed by atoms with Gasteiger partial charge < -0.3 is 10.6 Å². The summed E-state index contributed by atoms with van der Waals surface area (Å²) in [6.45, 7) is 3.57. The number of carbonyl (C=O) groups excluding carboxylic acids is 2. The smallest absolute Gasteiger partial charge is 0.231 e. The van der Waals surface area contributed by atoms with E-state index in [1.807, 2.05) is 11.8 Å². The molecule has 2 aliphatic heterocycles. The molecular weight excluding hydrogens is 304 g/mol. The number of guanidine groups is 1. The highest BCUT2D eigenvalue weighted by Crippen LogP contribution is 2.36. The first-order valence-corrected chi connectivity index (χ1v) is 9.31. The van der Waals surface area contributed by atoms with Gasteiger partial charge in [0, 0.05) is 32.0 Å². The lowest BCUT2D eigenvalue weighted by Crippen LogP contribution is -2.55. The molecule has 24 heavy (non-hydrogen) atoms. The van der Waals surface area contributed by atoms with Crippen molar-refractivity contribution in [1.29, 1.82) is 0 Å². The third-order valence-electron chi connectivity index (χ3n) is 6.16. The Kier molecular flexibility index (Phi) is 4.83. The first-order chi connectivity index (χ1) is 11.4. The number of nitrogens with two attached hydrogens (primary N) is 1. The summed E-state index contributed by atoms with van der Waals surface area (Å²) in [5.41, 5.74) is 5.45. The largest absolute Gasteiger partial charge is 0.369 e. The van der Waals surface area contributed by atoms with Crippen LogP contribution in [0.15, 0.2) is 4.99 Å². The van der Waals surface area contributed by atoms with Crippen molar-refractivity contribution >= 4 is 17.8 Å². The number of hydrogen-bond donors (Lipinski definition) is 1. The van der Waals surface area contributed by atoms with Crippen LogP contribution in [-0.2, 0) is 9.59 Å². The van der Waals surface area contributed by atoms with E-state index in [2.05, 4.69) is 4.99 Å². The molecule has 6 nitrogen and oxygen atoms in total. The predicted octanol–water partition coefficient (Wildman–Crippen LogP) is 1.74. The predicted molar refractivity (Wildman–Crippen MR) is 93.3 cm³/mol. The summed E-state index contributed by atoms with van der Waals surface area (Å²) in [5, 5.41) is 0. The standard InChI is InChI=1S/C18H30N4O2/c1-18(11-15(23)21(2)17(19)20-18)14-9-6-10-22(12-14)16(24)13-7-4-3-5-8-13/h13-14H,3-12H2,1-2H3,(H2,19,20)/t14?,18-/m0/s1. The molecule has 134 valence electrons. The molecule has 1 aliphatic carbocycles. The van der Waals surface area contributed by atoms with Gasteiger partial charge in [-0.3, -0.25) is 14.5 Å². The second-order valence-electron chi connectivity index (χ2n) is 7.92. The number of rotatable bonds is 2. The molecule has 2 amide bonds. The van der Waals surface area contributed by atoms with Gasteiger partial charge in [0.05, 0.1) is 12.0 Å². The van der Waals surface area contributed by atoms with Crippen LogP contribution in [0.3, 0.4) is 0 Å². The SMILES string of the molecule is CN1C(=O)C[C@@](C)(C2CCCN(C(=O)C3CCCCC3)C2)N=C1N. The summed E-state index contributed by atoms with van der Waals surface area (Å²) in [7, 11) is 1.67. The van der Waals surface area contributed by atoms with Gasteiger partial charge in [0.2, 0.25) is 11.8 Å². The number of carbonyl (C=O) groups is 2. The summed E-state index contributed by atoms with van der Waals surface area (Å²) in [5.74, 6) is 1.04. The van der Waals surface area contributed by atoms with Gasteiger partial charge in [0.25, 0.3) is 0 Å². The molecule has 2 fully saturated rings. The molecule has 2 heterocycles. The molecule has 1 saturated carbocycles. The van der Waals surface area contributed by atoms with Gasteiger partial charge >= 0.3 is 0 Å². The number of hydrogen-bond acceptors (Lipinski definition) is 4.